The highest BCUT2D eigenvalue weighted by Gasteiger charge is 2.19. The lowest BCUT2D eigenvalue weighted by Gasteiger charge is -2.12. The minimum atomic E-state index is -3.60. The summed E-state index contributed by atoms with van der Waals surface area (Å²) in [5.74, 6) is 0. The molecular formula is C12H16N4O2S. The maximum Gasteiger partial charge on any atom is 0.242 e. The molecule has 0 spiro atoms. The number of hydrogen-bond acceptors (Lipinski definition) is 4. The van der Waals surface area contributed by atoms with Crippen molar-refractivity contribution in [2.75, 3.05) is 12.8 Å². The quantitative estimate of drug-likeness (QED) is 0.820. The minimum Gasteiger partial charge on any atom is -0.399 e. The molecule has 1 heterocycles. The van der Waals surface area contributed by atoms with E-state index in [1.807, 2.05) is 19.9 Å². The van der Waals surface area contributed by atoms with Crippen molar-refractivity contribution in [2.24, 2.45) is 0 Å². The Balaban J connectivity index is 2.75. The van der Waals surface area contributed by atoms with Crippen molar-refractivity contribution < 1.29 is 8.42 Å². The molecule has 7 heteroatoms. The highest BCUT2D eigenvalue weighted by molar-refractivity contribution is 7.89. The van der Waals surface area contributed by atoms with Crippen molar-refractivity contribution in [2.45, 2.75) is 18.7 Å². The number of aryl methyl sites for hydroxylation is 2. The van der Waals surface area contributed by atoms with Gasteiger partial charge >= 0.3 is 0 Å². The van der Waals surface area contributed by atoms with Crippen molar-refractivity contribution in [1.29, 1.82) is 0 Å². The average molecular weight is 280 g/mol. The molecule has 0 amide bonds. The molecule has 0 saturated heterocycles. The first kappa shape index (κ1) is 13.6. The van der Waals surface area contributed by atoms with Crippen molar-refractivity contribution in [1.82, 2.24) is 14.5 Å². The first-order chi connectivity index (χ1) is 8.85. The van der Waals surface area contributed by atoms with Gasteiger partial charge in [-0.3, -0.25) is 0 Å². The summed E-state index contributed by atoms with van der Waals surface area (Å²) in [4.78, 5) is 0.112. The van der Waals surface area contributed by atoms with Crippen molar-refractivity contribution >= 4 is 15.7 Å². The van der Waals surface area contributed by atoms with E-state index in [9.17, 15) is 8.42 Å². The first-order valence-corrected chi connectivity index (χ1v) is 7.20. The summed E-state index contributed by atoms with van der Waals surface area (Å²) in [6, 6.07) is 6.61. The molecule has 0 aliphatic rings. The van der Waals surface area contributed by atoms with Crippen molar-refractivity contribution in [3.63, 3.8) is 0 Å². The van der Waals surface area contributed by atoms with Crippen LogP contribution in [0.4, 0.5) is 5.69 Å². The number of nitrogens with two attached hydrogens (primary N) is 1. The minimum absolute atomic E-state index is 0.112. The zero-order valence-corrected chi connectivity index (χ0v) is 11.8. The van der Waals surface area contributed by atoms with E-state index in [0.717, 1.165) is 11.4 Å². The highest BCUT2D eigenvalue weighted by Crippen LogP contribution is 2.23. The normalized spacial score (nSPS) is 11.7. The number of rotatable bonds is 3. The Morgan fingerprint density at radius 2 is 1.95 bits per heavy atom. The zero-order valence-electron chi connectivity index (χ0n) is 11.0. The van der Waals surface area contributed by atoms with Gasteiger partial charge in [0.2, 0.25) is 10.0 Å². The molecule has 0 aliphatic carbocycles. The number of aromatic nitrogens is 2. The SMILES string of the molecule is CNS(=O)(=O)c1cc(N)ccc1-n1nc(C)cc1C. The molecule has 2 aromatic rings. The molecule has 1 aromatic carbocycles. The Hall–Kier alpha value is -1.86. The molecule has 0 radical (unpaired) electrons. The number of benzene rings is 1. The molecule has 102 valence electrons. The molecule has 0 aliphatic heterocycles. The van der Waals surface area contributed by atoms with Gasteiger partial charge in [-0.05, 0) is 45.2 Å². The maximum atomic E-state index is 12.1. The summed E-state index contributed by atoms with van der Waals surface area (Å²) in [5.41, 5.74) is 8.22. The Bertz CT molecular complexity index is 719. The third-order valence-electron chi connectivity index (χ3n) is 2.78. The largest absolute Gasteiger partial charge is 0.399 e. The number of sulfonamides is 1. The van der Waals surface area contributed by atoms with Crippen molar-refractivity contribution in [3.8, 4) is 5.69 Å². The molecule has 1 aromatic heterocycles. The average Bonchev–Trinajstić information content (AvgIpc) is 2.68. The van der Waals surface area contributed by atoms with E-state index in [2.05, 4.69) is 9.82 Å². The highest BCUT2D eigenvalue weighted by atomic mass is 32.2. The molecule has 0 bridgehead atoms. The lowest BCUT2D eigenvalue weighted by molar-refractivity contribution is 0.587. The summed E-state index contributed by atoms with van der Waals surface area (Å²) >= 11 is 0. The van der Waals surface area contributed by atoms with Gasteiger partial charge in [0, 0.05) is 11.4 Å². The summed E-state index contributed by atoms with van der Waals surface area (Å²) in [6.07, 6.45) is 0. The van der Waals surface area contributed by atoms with Crippen LogP contribution in [0.25, 0.3) is 5.69 Å². The monoisotopic (exact) mass is 280 g/mol. The molecule has 0 unspecified atom stereocenters. The van der Waals surface area contributed by atoms with E-state index in [0.29, 0.717) is 11.4 Å². The molecule has 0 atom stereocenters. The Kier molecular flexibility index (Phi) is 3.34. The van der Waals surface area contributed by atoms with Crippen LogP contribution < -0.4 is 10.5 Å². The topological polar surface area (TPSA) is 90.0 Å². The van der Waals surface area contributed by atoms with E-state index in [-0.39, 0.29) is 4.90 Å². The molecule has 0 saturated carbocycles. The number of anilines is 1. The predicted molar refractivity (Wildman–Crippen MR) is 73.7 cm³/mol. The second-order valence-corrected chi connectivity index (χ2v) is 6.13. The van der Waals surface area contributed by atoms with E-state index in [1.165, 1.54) is 13.1 Å². The Morgan fingerprint density at radius 1 is 1.26 bits per heavy atom. The Morgan fingerprint density at radius 3 is 2.47 bits per heavy atom. The summed E-state index contributed by atoms with van der Waals surface area (Å²) in [5, 5.41) is 4.30. The van der Waals surface area contributed by atoms with Gasteiger partial charge in [0.1, 0.15) is 4.90 Å². The van der Waals surface area contributed by atoms with Gasteiger partial charge < -0.3 is 5.73 Å². The summed E-state index contributed by atoms with van der Waals surface area (Å²) in [7, 11) is -2.23. The van der Waals surface area contributed by atoms with Crippen LogP contribution in [0.5, 0.6) is 0 Å². The third-order valence-corrected chi connectivity index (χ3v) is 4.22. The summed E-state index contributed by atoms with van der Waals surface area (Å²) in [6.45, 7) is 3.72. The van der Waals surface area contributed by atoms with Crippen LogP contribution in [0.2, 0.25) is 0 Å². The fraction of sp³-hybridized carbons (Fsp3) is 0.250. The van der Waals surface area contributed by atoms with Crippen LogP contribution in [0.15, 0.2) is 29.2 Å². The molecular weight excluding hydrogens is 264 g/mol. The van der Waals surface area contributed by atoms with Crippen molar-refractivity contribution in [3.05, 3.63) is 35.7 Å². The second-order valence-electron chi connectivity index (χ2n) is 4.27. The standard InChI is InChI=1S/C12H16N4O2S/c1-8-6-9(2)16(15-8)11-5-4-10(13)7-12(11)19(17,18)14-3/h4-7,14H,13H2,1-3H3. The van der Waals surface area contributed by atoms with Crippen LogP contribution in [-0.2, 0) is 10.0 Å². The fourth-order valence-electron chi connectivity index (χ4n) is 1.90. The number of nitrogen functional groups attached to an aromatic ring is 1. The summed E-state index contributed by atoms with van der Waals surface area (Å²) < 4.78 is 28.0. The van der Waals surface area contributed by atoms with Crippen LogP contribution >= 0.6 is 0 Å². The molecule has 0 fully saturated rings. The molecule has 2 rings (SSSR count). The molecule has 6 nitrogen and oxygen atoms in total. The smallest absolute Gasteiger partial charge is 0.242 e. The van der Waals surface area contributed by atoms with E-state index in [4.69, 9.17) is 5.73 Å². The number of nitrogens with zero attached hydrogens (tertiary/aromatic N) is 2. The number of nitrogens with one attached hydrogen (secondary N) is 1. The molecule has 3 N–H and O–H groups in total. The fourth-order valence-corrected chi connectivity index (χ4v) is 2.84. The van der Waals surface area contributed by atoms with Gasteiger partial charge in [0.25, 0.3) is 0 Å². The Labute approximate surface area is 112 Å². The van der Waals surface area contributed by atoms with Crippen LogP contribution in [0, 0.1) is 13.8 Å². The molecule has 19 heavy (non-hydrogen) atoms. The van der Waals surface area contributed by atoms with Gasteiger partial charge in [0.05, 0.1) is 11.4 Å². The van der Waals surface area contributed by atoms with Gasteiger partial charge in [-0.2, -0.15) is 5.10 Å². The number of hydrogen-bond donors (Lipinski definition) is 2. The lowest BCUT2D eigenvalue weighted by Crippen LogP contribution is -2.21. The van der Waals surface area contributed by atoms with Crippen LogP contribution in [0.3, 0.4) is 0 Å². The van der Waals surface area contributed by atoms with E-state index < -0.39 is 10.0 Å². The van der Waals surface area contributed by atoms with Crippen LogP contribution in [-0.4, -0.2) is 25.2 Å². The van der Waals surface area contributed by atoms with Gasteiger partial charge in [-0.25, -0.2) is 17.8 Å². The van der Waals surface area contributed by atoms with E-state index >= 15 is 0 Å². The third kappa shape index (κ3) is 2.47. The van der Waals surface area contributed by atoms with Gasteiger partial charge in [-0.1, -0.05) is 0 Å². The predicted octanol–water partition coefficient (Wildman–Crippen LogP) is 0.979. The van der Waals surface area contributed by atoms with Gasteiger partial charge in [0.15, 0.2) is 0 Å². The zero-order chi connectivity index (χ0) is 14.2. The van der Waals surface area contributed by atoms with Crippen LogP contribution in [0.1, 0.15) is 11.4 Å². The maximum absolute atomic E-state index is 12.1. The van der Waals surface area contributed by atoms with E-state index in [1.54, 1.807) is 16.8 Å². The van der Waals surface area contributed by atoms with Gasteiger partial charge in [-0.15, -0.1) is 0 Å². The lowest BCUT2D eigenvalue weighted by atomic mass is 10.3. The second kappa shape index (κ2) is 4.67. The first-order valence-electron chi connectivity index (χ1n) is 5.72.